The molecule has 0 saturated heterocycles. The lowest BCUT2D eigenvalue weighted by Gasteiger charge is -2.18. The van der Waals surface area contributed by atoms with Crippen molar-refractivity contribution in [3.63, 3.8) is 0 Å². The van der Waals surface area contributed by atoms with Gasteiger partial charge in [0.15, 0.2) is 0 Å². The van der Waals surface area contributed by atoms with Gasteiger partial charge in [-0.2, -0.15) is 0 Å². The fraction of sp³-hybridized carbons (Fsp3) is 0.700. The Morgan fingerprint density at radius 3 is 1.34 bits per heavy atom. The molecule has 0 aliphatic rings. The number of nitrogens with one attached hydrogen (secondary N) is 1. The first-order chi connectivity index (χ1) is 27.5. The van der Waals surface area contributed by atoms with Crippen LogP contribution in [0.5, 0.6) is 0 Å². The van der Waals surface area contributed by atoms with E-state index in [1.807, 2.05) is 0 Å². The summed E-state index contributed by atoms with van der Waals surface area (Å²) in [6.07, 6.45) is 60.3. The number of carbonyl (C=O) groups excluding carboxylic acids is 2. The van der Waals surface area contributed by atoms with Crippen molar-refractivity contribution in [1.82, 2.24) is 5.32 Å². The first kappa shape index (κ1) is 52.9. The molecule has 1 unspecified atom stereocenters. The predicted molar refractivity (Wildman–Crippen MR) is 240 cm³/mol. The SMILES string of the molecule is CC/C=C\C/C=C\C/C=C\C/C=C\C/C=C\C/C=C\CCCCCCC(=O)OC(CCCCCCCCCCCCC)CCCCCCCC(=O)NCC(=O)O. The molecule has 320 valence electrons. The zero-order chi connectivity index (χ0) is 40.8. The summed E-state index contributed by atoms with van der Waals surface area (Å²) >= 11 is 0. The molecule has 1 atom stereocenters. The molecular weight excluding hydrogens is 695 g/mol. The monoisotopic (exact) mass is 780 g/mol. The quantitative estimate of drug-likeness (QED) is 0.0366. The summed E-state index contributed by atoms with van der Waals surface area (Å²) in [4.78, 5) is 35.1. The average Bonchev–Trinajstić information content (AvgIpc) is 3.18. The maximum Gasteiger partial charge on any atom is 0.322 e. The summed E-state index contributed by atoms with van der Waals surface area (Å²) in [5.41, 5.74) is 0. The van der Waals surface area contributed by atoms with Crippen LogP contribution in [0.2, 0.25) is 0 Å². The van der Waals surface area contributed by atoms with E-state index in [9.17, 15) is 14.4 Å². The average molecular weight is 780 g/mol. The van der Waals surface area contributed by atoms with Gasteiger partial charge in [-0.1, -0.05) is 183 Å². The largest absolute Gasteiger partial charge is 0.480 e. The van der Waals surface area contributed by atoms with Crippen LogP contribution in [0.15, 0.2) is 72.9 Å². The van der Waals surface area contributed by atoms with Crippen LogP contribution in [0.4, 0.5) is 0 Å². The first-order valence-electron chi connectivity index (χ1n) is 23.1. The lowest BCUT2D eigenvalue weighted by atomic mass is 10.0. The number of carboxylic acid groups (broad SMARTS) is 1. The summed E-state index contributed by atoms with van der Waals surface area (Å²) in [5.74, 6) is -1.26. The van der Waals surface area contributed by atoms with E-state index in [-0.39, 0.29) is 24.5 Å². The van der Waals surface area contributed by atoms with Crippen LogP contribution in [0.1, 0.15) is 213 Å². The van der Waals surface area contributed by atoms with Crippen molar-refractivity contribution >= 4 is 17.8 Å². The Morgan fingerprint density at radius 1 is 0.482 bits per heavy atom. The van der Waals surface area contributed by atoms with E-state index < -0.39 is 5.97 Å². The second-order valence-electron chi connectivity index (χ2n) is 15.3. The third-order valence-electron chi connectivity index (χ3n) is 9.89. The van der Waals surface area contributed by atoms with Gasteiger partial charge in [0, 0.05) is 12.8 Å². The fourth-order valence-corrected chi connectivity index (χ4v) is 6.52. The van der Waals surface area contributed by atoms with Crippen LogP contribution in [0.25, 0.3) is 0 Å². The van der Waals surface area contributed by atoms with Crippen molar-refractivity contribution in [2.75, 3.05) is 6.54 Å². The Kier molecular flexibility index (Phi) is 42.1. The van der Waals surface area contributed by atoms with Gasteiger partial charge < -0.3 is 15.2 Å². The van der Waals surface area contributed by atoms with Gasteiger partial charge in [-0.25, -0.2) is 0 Å². The number of esters is 1. The number of ether oxygens (including phenoxy) is 1. The molecule has 0 aromatic carbocycles. The first-order valence-corrected chi connectivity index (χ1v) is 23.1. The van der Waals surface area contributed by atoms with E-state index >= 15 is 0 Å². The molecule has 56 heavy (non-hydrogen) atoms. The highest BCUT2D eigenvalue weighted by Crippen LogP contribution is 2.19. The highest BCUT2D eigenvalue weighted by atomic mass is 16.5. The van der Waals surface area contributed by atoms with Crippen molar-refractivity contribution in [2.45, 2.75) is 219 Å². The van der Waals surface area contributed by atoms with Gasteiger partial charge in [0.05, 0.1) is 0 Å². The minimum atomic E-state index is -1.02. The lowest BCUT2D eigenvalue weighted by molar-refractivity contribution is -0.150. The maximum absolute atomic E-state index is 12.8. The number of amides is 1. The van der Waals surface area contributed by atoms with E-state index in [1.165, 1.54) is 64.2 Å². The number of unbranched alkanes of at least 4 members (excludes halogenated alkanes) is 18. The normalized spacial score (nSPS) is 12.8. The number of carbonyl (C=O) groups is 3. The number of carboxylic acids is 1. The van der Waals surface area contributed by atoms with Gasteiger partial charge in [0.1, 0.15) is 12.6 Å². The molecule has 0 aliphatic heterocycles. The van der Waals surface area contributed by atoms with Gasteiger partial charge in [-0.15, -0.1) is 0 Å². The summed E-state index contributed by atoms with van der Waals surface area (Å²) < 4.78 is 6.03. The number of hydrogen-bond donors (Lipinski definition) is 2. The summed E-state index contributed by atoms with van der Waals surface area (Å²) in [7, 11) is 0. The Balaban J connectivity index is 4.16. The van der Waals surface area contributed by atoms with Crippen molar-refractivity contribution in [3.8, 4) is 0 Å². The highest BCUT2D eigenvalue weighted by Gasteiger charge is 2.14. The molecule has 0 bridgehead atoms. The molecule has 1 amide bonds. The van der Waals surface area contributed by atoms with Crippen molar-refractivity contribution in [1.29, 1.82) is 0 Å². The Morgan fingerprint density at radius 2 is 0.875 bits per heavy atom. The number of aliphatic carboxylic acids is 1. The van der Waals surface area contributed by atoms with Crippen molar-refractivity contribution in [2.24, 2.45) is 0 Å². The van der Waals surface area contributed by atoms with E-state index in [1.54, 1.807) is 0 Å². The van der Waals surface area contributed by atoms with E-state index in [2.05, 4.69) is 92.1 Å². The molecule has 6 nitrogen and oxygen atoms in total. The lowest BCUT2D eigenvalue weighted by Crippen LogP contribution is -2.28. The van der Waals surface area contributed by atoms with Crippen LogP contribution >= 0.6 is 0 Å². The minimum Gasteiger partial charge on any atom is -0.480 e. The van der Waals surface area contributed by atoms with Crippen LogP contribution in [0, 0.1) is 0 Å². The van der Waals surface area contributed by atoms with Crippen LogP contribution in [-0.2, 0) is 19.1 Å². The van der Waals surface area contributed by atoms with Gasteiger partial charge in [0.25, 0.3) is 0 Å². The zero-order valence-electron chi connectivity index (χ0n) is 36.2. The number of allylic oxidation sites excluding steroid dienone is 12. The summed E-state index contributed by atoms with van der Waals surface area (Å²) in [6.45, 7) is 4.11. The Labute approximate surface area is 344 Å². The molecule has 0 aromatic heterocycles. The summed E-state index contributed by atoms with van der Waals surface area (Å²) in [5, 5.41) is 11.1. The maximum atomic E-state index is 12.8. The number of rotatable bonds is 41. The second kappa shape index (κ2) is 44.6. The molecule has 0 aromatic rings. The summed E-state index contributed by atoms with van der Waals surface area (Å²) in [6, 6.07) is 0. The molecule has 0 saturated carbocycles. The van der Waals surface area contributed by atoms with E-state index in [4.69, 9.17) is 9.84 Å². The Hall–Kier alpha value is -3.15. The molecule has 0 spiro atoms. The van der Waals surface area contributed by atoms with Crippen LogP contribution in [0.3, 0.4) is 0 Å². The van der Waals surface area contributed by atoms with Crippen molar-refractivity contribution in [3.05, 3.63) is 72.9 Å². The van der Waals surface area contributed by atoms with Crippen LogP contribution < -0.4 is 5.32 Å². The zero-order valence-corrected chi connectivity index (χ0v) is 36.2. The topological polar surface area (TPSA) is 92.7 Å². The standard InChI is InChI=1S/C50H85NO5/c1-3-5-7-9-11-13-15-16-17-18-19-20-21-22-23-24-25-26-28-30-32-37-41-45-50(55)56-47(42-38-34-31-29-27-14-12-10-8-6-4-2)43-39-35-33-36-40-44-48(52)51-46-49(53)54/h5,7,11,13,16-17,19-20,22-23,25-26,47H,3-4,6,8-10,12,14-15,18,21,24,27-46H2,1-2H3,(H,51,52)(H,53,54)/b7-5-,13-11-,17-16-,20-19-,23-22-,26-25-. The fourth-order valence-electron chi connectivity index (χ4n) is 6.52. The second-order valence-corrected chi connectivity index (χ2v) is 15.3. The highest BCUT2D eigenvalue weighted by molar-refractivity contribution is 5.80. The minimum absolute atomic E-state index is 0.0102. The van der Waals surface area contributed by atoms with Crippen LogP contribution in [-0.4, -0.2) is 35.6 Å². The van der Waals surface area contributed by atoms with Gasteiger partial charge in [0.2, 0.25) is 5.91 Å². The third-order valence-corrected chi connectivity index (χ3v) is 9.89. The molecule has 6 heteroatoms. The molecule has 0 fully saturated rings. The molecule has 0 heterocycles. The Bertz CT molecular complexity index is 1090. The third kappa shape index (κ3) is 43.6. The molecule has 0 radical (unpaired) electrons. The number of hydrogen-bond acceptors (Lipinski definition) is 4. The van der Waals surface area contributed by atoms with Gasteiger partial charge >= 0.3 is 11.9 Å². The van der Waals surface area contributed by atoms with Gasteiger partial charge in [-0.05, 0) is 89.9 Å². The molecule has 2 N–H and O–H groups in total. The molecular formula is C50H85NO5. The smallest absolute Gasteiger partial charge is 0.322 e. The molecule has 0 aliphatic carbocycles. The van der Waals surface area contributed by atoms with Gasteiger partial charge in [-0.3, -0.25) is 14.4 Å². The van der Waals surface area contributed by atoms with Crippen molar-refractivity contribution < 1.29 is 24.2 Å². The predicted octanol–water partition coefficient (Wildman–Crippen LogP) is 14.6. The van der Waals surface area contributed by atoms with E-state index in [0.717, 1.165) is 122 Å². The van der Waals surface area contributed by atoms with E-state index in [0.29, 0.717) is 12.8 Å². The molecule has 0 rings (SSSR count).